The number of amides is 1. The third-order valence-electron chi connectivity index (χ3n) is 4.33. The Morgan fingerprint density at radius 3 is 2.44 bits per heavy atom. The minimum absolute atomic E-state index is 0.101. The van der Waals surface area contributed by atoms with Gasteiger partial charge in [0.1, 0.15) is 0 Å². The number of methoxy groups -OCH3 is 1. The summed E-state index contributed by atoms with van der Waals surface area (Å²) in [6.07, 6.45) is 2.86. The second-order valence-corrected chi connectivity index (χ2v) is 7.10. The molecule has 3 atom stereocenters. The molecule has 1 aromatic carbocycles. The van der Waals surface area contributed by atoms with Crippen LogP contribution in [0.15, 0.2) is 34.7 Å². The molecule has 0 aliphatic heterocycles. The number of nitrogens with one attached hydrogen (secondary N) is 2. The lowest BCUT2D eigenvalue weighted by atomic mass is 9.87. The van der Waals surface area contributed by atoms with E-state index in [0.717, 1.165) is 12.8 Å². The van der Waals surface area contributed by atoms with Gasteiger partial charge in [-0.2, -0.15) is 12.8 Å². The number of carbonyl (C=O) groups excluding carboxylic acids is 1. The lowest BCUT2D eigenvalue weighted by Crippen LogP contribution is -2.42. The molecular formula is C18H27N3O4S2. The monoisotopic (exact) mass is 413 g/mol. The van der Waals surface area contributed by atoms with Crippen molar-refractivity contribution in [2.24, 2.45) is 4.36 Å². The SMILES string of the molecule is CCC(CCCC(N=S(=O)=O)C(C(=O)NC(=S)NC)c1ccccc1)OC. The number of carbonyl (C=O) groups is 1. The third-order valence-corrected chi connectivity index (χ3v) is 5.07. The predicted molar refractivity (Wildman–Crippen MR) is 109 cm³/mol. The number of hydrogen-bond acceptors (Lipinski definition) is 6. The number of rotatable bonds is 10. The van der Waals surface area contributed by atoms with E-state index in [1.165, 1.54) is 0 Å². The van der Waals surface area contributed by atoms with Gasteiger partial charge in [0.05, 0.1) is 18.1 Å². The number of ether oxygens (including phenoxy) is 1. The fourth-order valence-electron chi connectivity index (χ4n) is 2.89. The van der Waals surface area contributed by atoms with Gasteiger partial charge in [0.15, 0.2) is 5.11 Å². The molecule has 0 heterocycles. The van der Waals surface area contributed by atoms with Crippen LogP contribution in [0.3, 0.4) is 0 Å². The molecule has 1 rings (SSSR count). The molecule has 0 saturated carbocycles. The van der Waals surface area contributed by atoms with Crippen LogP contribution >= 0.6 is 12.2 Å². The molecule has 0 aliphatic carbocycles. The van der Waals surface area contributed by atoms with Gasteiger partial charge in [-0.05, 0) is 43.5 Å². The van der Waals surface area contributed by atoms with Crippen LogP contribution in [-0.2, 0) is 20.0 Å². The van der Waals surface area contributed by atoms with Gasteiger partial charge in [0.2, 0.25) is 5.91 Å². The lowest BCUT2D eigenvalue weighted by Gasteiger charge is -2.23. The van der Waals surface area contributed by atoms with E-state index in [0.29, 0.717) is 18.4 Å². The normalized spacial score (nSPS) is 13.9. The van der Waals surface area contributed by atoms with Crippen LogP contribution in [0.5, 0.6) is 0 Å². The van der Waals surface area contributed by atoms with Crippen molar-refractivity contribution in [3.63, 3.8) is 0 Å². The zero-order valence-corrected chi connectivity index (χ0v) is 17.5. The zero-order chi connectivity index (χ0) is 20.2. The summed E-state index contributed by atoms with van der Waals surface area (Å²) in [6, 6.07) is 8.28. The molecule has 1 amide bonds. The van der Waals surface area contributed by atoms with Gasteiger partial charge in [-0.25, -0.2) is 0 Å². The molecular weight excluding hydrogens is 386 g/mol. The topological polar surface area (TPSA) is 96.9 Å². The summed E-state index contributed by atoms with van der Waals surface area (Å²) in [5.74, 6) is -1.16. The Morgan fingerprint density at radius 2 is 1.93 bits per heavy atom. The molecule has 0 saturated heterocycles. The maximum Gasteiger partial charge on any atom is 0.311 e. The van der Waals surface area contributed by atoms with Gasteiger partial charge in [0, 0.05) is 14.2 Å². The first-order valence-electron chi connectivity index (χ1n) is 8.83. The summed E-state index contributed by atoms with van der Waals surface area (Å²) in [7, 11) is 0.632. The van der Waals surface area contributed by atoms with Crippen LogP contribution in [0.4, 0.5) is 0 Å². The average Bonchev–Trinajstić information content (AvgIpc) is 2.65. The largest absolute Gasteiger partial charge is 0.381 e. The summed E-state index contributed by atoms with van der Waals surface area (Å²) < 4.78 is 31.8. The highest BCUT2D eigenvalue weighted by molar-refractivity contribution is 7.80. The first kappa shape index (κ1) is 23.2. The second-order valence-electron chi connectivity index (χ2n) is 6.04. The molecule has 0 spiro atoms. The van der Waals surface area contributed by atoms with Crippen LogP contribution < -0.4 is 10.6 Å². The Kier molecular flexibility index (Phi) is 10.8. The highest BCUT2D eigenvalue weighted by atomic mass is 32.2. The molecule has 0 bridgehead atoms. The Morgan fingerprint density at radius 1 is 1.26 bits per heavy atom. The van der Waals surface area contributed by atoms with Gasteiger partial charge in [-0.15, -0.1) is 0 Å². The van der Waals surface area contributed by atoms with Crippen LogP contribution in [0.25, 0.3) is 0 Å². The maximum absolute atomic E-state index is 12.8. The average molecular weight is 414 g/mol. The summed E-state index contributed by atoms with van der Waals surface area (Å²) in [4.78, 5) is 12.8. The molecule has 0 aliphatic rings. The van der Waals surface area contributed by atoms with Crippen molar-refractivity contribution >= 4 is 33.7 Å². The summed E-state index contributed by atoms with van der Waals surface area (Å²) in [5, 5.41) is 5.46. The molecule has 1 aromatic rings. The molecule has 9 heteroatoms. The fourth-order valence-corrected chi connectivity index (χ4v) is 3.44. The first-order valence-corrected chi connectivity index (χ1v) is 10.3. The molecule has 3 unspecified atom stereocenters. The molecule has 0 fully saturated rings. The van der Waals surface area contributed by atoms with Crippen molar-refractivity contribution in [3.8, 4) is 0 Å². The van der Waals surface area contributed by atoms with Crippen molar-refractivity contribution in [3.05, 3.63) is 35.9 Å². The maximum atomic E-state index is 12.8. The van der Waals surface area contributed by atoms with Crippen LogP contribution in [0, 0.1) is 0 Å². The molecule has 2 N–H and O–H groups in total. The van der Waals surface area contributed by atoms with Crippen molar-refractivity contribution in [1.82, 2.24) is 10.6 Å². The van der Waals surface area contributed by atoms with Gasteiger partial charge in [-0.1, -0.05) is 37.3 Å². The molecule has 150 valence electrons. The fraction of sp³-hybridized carbons (Fsp3) is 0.556. The summed E-state index contributed by atoms with van der Waals surface area (Å²) >= 11 is 5.02. The van der Waals surface area contributed by atoms with Crippen molar-refractivity contribution in [2.45, 2.75) is 50.7 Å². The smallest absolute Gasteiger partial charge is 0.311 e. The number of nitrogens with zero attached hydrogens (tertiary/aromatic N) is 1. The van der Waals surface area contributed by atoms with Crippen molar-refractivity contribution < 1.29 is 17.9 Å². The van der Waals surface area contributed by atoms with E-state index < -0.39 is 28.4 Å². The molecule has 7 nitrogen and oxygen atoms in total. The minimum atomic E-state index is -2.62. The van der Waals surface area contributed by atoms with E-state index in [1.54, 1.807) is 38.4 Å². The molecule has 27 heavy (non-hydrogen) atoms. The zero-order valence-electron chi connectivity index (χ0n) is 15.8. The van der Waals surface area contributed by atoms with Crippen molar-refractivity contribution in [1.29, 1.82) is 0 Å². The van der Waals surface area contributed by atoms with E-state index in [9.17, 15) is 13.2 Å². The second kappa shape index (κ2) is 12.5. The molecule has 0 radical (unpaired) electrons. The quantitative estimate of drug-likeness (QED) is 0.572. The van der Waals surface area contributed by atoms with Crippen LogP contribution in [-0.4, -0.2) is 45.7 Å². The van der Waals surface area contributed by atoms with Gasteiger partial charge < -0.3 is 15.4 Å². The summed E-state index contributed by atoms with van der Waals surface area (Å²) in [5.41, 5.74) is 0.687. The highest BCUT2D eigenvalue weighted by Gasteiger charge is 2.30. The van der Waals surface area contributed by atoms with E-state index >= 15 is 0 Å². The van der Waals surface area contributed by atoms with Crippen LogP contribution in [0.2, 0.25) is 0 Å². The van der Waals surface area contributed by atoms with Crippen molar-refractivity contribution in [2.75, 3.05) is 14.2 Å². The Hall–Kier alpha value is -1.84. The van der Waals surface area contributed by atoms with Gasteiger partial charge in [0.25, 0.3) is 0 Å². The lowest BCUT2D eigenvalue weighted by molar-refractivity contribution is -0.121. The summed E-state index contributed by atoms with van der Waals surface area (Å²) in [6.45, 7) is 2.03. The van der Waals surface area contributed by atoms with E-state index in [2.05, 4.69) is 15.0 Å². The number of hydrogen-bond donors (Lipinski definition) is 2. The third kappa shape index (κ3) is 8.15. The Balaban J connectivity index is 3.12. The first-order chi connectivity index (χ1) is 12.9. The van der Waals surface area contributed by atoms with Gasteiger partial charge in [-0.3, -0.25) is 4.79 Å². The Labute approximate surface area is 167 Å². The Bertz CT molecular complexity index is 726. The predicted octanol–water partition coefficient (Wildman–Crippen LogP) is 2.42. The minimum Gasteiger partial charge on any atom is -0.381 e. The number of thiocarbonyl (C=S) groups is 1. The highest BCUT2D eigenvalue weighted by Crippen LogP contribution is 2.27. The van der Waals surface area contributed by atoms with Crippen LogP contribution in [0.1, 0.15) is 44.1 Å². The molecule has 0 aromatic heterocycles. The number of benzene rings is 1. The standard InChI is InChI=1S/C18H27N3O4S2/c1-4-14(25-3)11-8-12-15(21-27(23)24)16(13-9-6-5-7-10-13)17(22)20-18(26)19-2/h5-7,9-10,14-16H,4,8,11-12H2,1-3H3,(H2,19,20,22,26). The van der Waals surface area contributed by atoms with Gasteiger partial charge >= 0.3 is 10.5 Å². The van der Waals surface area contributed by atoms with E-state index in [-0.39, 0.29) is 11.2 Å². The van der Waals surface area contributed by atoms with E-state index in [1.807, 2.05) is 13.0 Å². The van der Waals surface area contributed by atoms with E-state index in [4.69, 9.17) is 17.0 Å².